The van der Waals surface area contributed by atoms with Crippen molar-refractivity contribution in [3.63, 3.8) is 0 Å². The van der Waals surface area contributed by atoms with Crippen LogP contribution >= 0.6 is 0 Å². The molecule has 1 aromatic rings. The highest BCUT2D eigenvalue weighted by Gasteiger charge is 2.21. The molecule has 0 amide bonds. The van der Waals surface area contributed by atoms with Gasteiger partial charge in [0.15, 0.2) is 0 Å². The summed E-state index contributed by atoms with van der Waals surface area (Å²) in [5.41, 5.74) is 2.85. The first-order valence-corrected chi connectivity index (χ1v) is 7.97. The second-order valence-corrected chi connectivity index (χ2v) is 6.96. The molecule has 1 aromatic carbocycles. The minimum Gasteiger partial charge on any atom is -0.493 e. The molecule has 2 heteroatoms. The van der Waals surface area contributed by atoms with Gasteiger partial charge in [-0.25, -0.2) is 0 Å². The Hall–Kier alpha value is -1.02. The molecule has 0 aliphatic carbocycles. The molecule has 1 unspecified atom stereocenters. The molecule has 1 aliphatic heterocycles. The standard InChI is InChI=1S/C18H29NO/c1-5-14-8-9-17(16(11-14)18(2,3)4)20-13-15-7-6-10-19-12-15/h8-9,11,15,19H,5-7,10,12-13H2,1-4H3. The fourth-order valence-corrected chi connectivity index (χ4v) is 2.78. The smallest absolute Gasteiger partial charge is 0.123 e. The third kappa shape index (κ3) is 3.99. The zero-order valence-electron chi connectivity index (χ0n) is 13.5. The lowest BCUT2D eigenvalue weighted by molar-refractivity contribution is 0.215. The van der Waals surface area contributed by atoms with Crippen molar-refractivity contribution in [2.75, 3.05) is 19.7 Å². The van der Waals surface area contributed by atoms with Gasteiger partial charge < -0.3 is 10.1 Å². The van der Waals surface area contributed by atoms with Gasteiger partial charge in [0.25, 0.3) is 0 Å². The highest BCUT2D eigenvalue weighted by atomic mass is 16.5. The minimum atomic E-state index is 0.130. The van der Waals surface area contributed by atoms with E-state index in [1.807, 2.05) is 0 Å². The van der Waals surface area contributed by atoms with Crippen molar-refractivity contribution >= 4 is 0 Å². The minimum absolute atomic E-state index is 0.130. The van der Waals surface area contributed by atoms with Gasteiger partial charge in [-0.2, -0.15) is 0 Å². The maximum Gasteiger partial charge on any atom is 0.123 e. The summed E-state index contributed by atoms with van der Waals surface area (Å²) in [4.78, 5) is 0. The first kappa shape index (κ1) is 15.4. The molecule has 0 spiro atoms. The molecule has 1 heterocycles. The lowest BCUT2D eigenvalue weighted by Crippen LogP contribution is -2.33. The summed E-state index contributed by atoms with van der Waals surface area (Å²) >= 11 is 0. The van der Waals surface area contributed by atoms with E-state index in [9.17, 15) is 0 Å². The Kier molecular flexibility index (Phi) is 5.09. The van der Waals surface area contributed by atoms with Gasteiger partial charge >= 0.3 is 0 Å². The molecule has 0 bridgehead atoms. The second kappa shape index (κ2) is 6.62. The molecule has 112 valence electrons. The third-order valence-corrected chi connectivity index (χ3v) is 4.13. The van der Waals surface area contributed by atoms with E-state index in [0.717, 1.165) is 31.9 Å². The summed E-state index contributed by atoms with van der Waals surface area (Å²) in [5, 5.41) is 3.45. The molecule has 2 rings (SSSR count). The molecule has 2 nitrogen and oxygen atoms in total. The Morgan fingerprint density at radius 3 is 2.70 bits per heavy atom. The number of aryl methyl sites for hydroxylation is 1. The largest absolute Gasteiger partial charge is 0.493 e. The Labute approximate surface area is 123 Å². The fourth-order valence-electron chi connectivity index (χ4n) is 2.78. The molecule has 0 radical (unpaired) electrons. The summed E-state index contributed by atoms with van der Waals surface area (Å²) in [5.74, 6) is 1.72. The van der Waals surface area contributed by atoms with E-state index < -0.39 is 0 Å². The van der Waals surface area contributed by atoms with Gasteiger partial charge in [0.1, 0.15) is 5.75 Å². The van der Waals surface area contributed by atoms with Crippen LogP contribution in [0.1, 0.15) is 51.7 Å². The number of nitrogens with one attached hydrogen (secondary N) is 1. The van der Waals surface area contributed by atoms with Crippen LogP contribution in [0.25, 0.3) is 0 Å². The molecular weight excluding hydrogens is 246 g/mol. The summed E-state index contributed by atoms with van der Waals surface area (Å²) in [6.45, 7) is 12.1. The zero-order chi connectivity index (χ0) is 14.6. The summed E-state index contributed by atoms with van der Waals surface area (Å²) in [7, 11) is 0. The van der Waals surface area contributed by atoms with Crippen molar-refractivity contribution in [2.24, 2.45) is 5.92 Å². The summed E-state index contributed by atoms with van der Waals surface area (Å²) in [6.07, 6.45) is 3.63. The highest BCUT2D eigenvalue weighted by molar-refractivity contribution is 5.41. The molecule has 1 aliphatic rings. The molecule has 1 fully saturated rings. The Balaban J connectivity index is 2.09. The van der Waals surface area contributed by atoms with Crippen molar-refractivity contribution in [1.82, 2.24) is 5.32 Å². The van der Waals surface area contributed by atoms with Crippen LogP contribution in [0.3, 0.4) is 0 Å². The van der Waals surface area contributed by atoms with Gasteiger partial charge in [0.05, 0.1) is 6.61 Å². The van der Waals surface area contributed by atoms with E-state index in [2.05, 4.69) is 51.2 Å². The normalized spacial score (nSPS) is 19.9. The van der Waals surface area contributed by atoms with Gasteiger partial charge in [-0.15, -0.1) is 0 Å². The third-order valence-electron chi connectivity index (χ3n) is 4.13. The first-order chi connectivity index (χ1) is 9.50. The van der Waals surface area contributed by atoms with E-state index in [1.54, 1.807) is 0 Å². The molecule has 0 aromatic heterocycles. The number of benzene rings is 1. The van der Waals surface area contributed by atoms with Crippen molar-refractivity contribution in [3.05, 3.63) is 29.3 Å². The topological polar surface area (TPSA) is 21.3 Å². The van der Waals surface area contributed by atoms with E-state index >= 15 is 0 Å². The lowest BCUT2D eigenvalue weighted by atomic mass is 9.85. The molecule has 1 N–H and O–H groups in total. The van der Waals surface area contributed by atoms with Crippen LogP contribution in [0.2, 0.25) is 0 Å². The molecule has 20 heavy (non-hydrogen) atoms. The van der Waals surface area contributed by atoms with Gasteiger partial charge in [-0.05, 0) is 48.4 Å². The predicted octanol–water partition coefficient (Wildman–Crippen LogP) is 3.92. The van der Waals surface area contributed by atoms with Gasteiger partial charge in [-0.1, -0.05) is 39.8 Å². The number of hydrogen-bond acceptors (Lipinski definition) is 2. The van der Waals surface area contributed by atoms with Crippen LogP contribution in [0.5, 0.6) is 5.75 Å². The van der Waals surface area contributed by atoms with Crippen LogP contribution in [0.15, 0.2) is 18.2 Å². The zero-order valence-corrected chi connectivity index (χ0v) is 13.5. The summed E-state index contributed by atoms with van der Waals surface area (Å²) in [6, 6.07) is 6.67. The average molecular weight is 275 g/mol. The Bertz CT molecular complexity index is 428. The second-order valence-electron chi connectivity index (χ2n) is 6.96. The first-order valence-electron chi connectivity index (χ1n) is 7.97. The van der Waals surface area contributed by atoms with Gasteiger partial charge in [0, 0.05) is 12.5 Å². The van der Waals surface area contributed by atoms with E-state index in [4.69, 9.17) is 4.74 Å². The summed E-state index contributed by atoms with van der Waals surface area (Å²) < 4.78 is 6.16. The molecular formula is C18H29NO. The SMILES string of the molecule is CCc1ccc(OCC2CCCNC2)c(C(C)(C)C)c1. The van der Waals surface area contributed by atoms with Crippen molar-refractivity contribution in [3.8, 4) is 5.75 Å². The number of ether oxygens (including phenoxy) is 1. The molecule has 0 saturated carbocycles. The van der Waals surface area contributed by atoms with Gasteiger partial charge in [0.2, 0.25) is 0 Å². The molecule has 1 atom stereocenters. The highest BCUT2D eigenvalue weighted by Crippen LogP contribution is 2.32. The number of rotatable bonds is 4. The maximum absolute atomic E-state index is 6.16. The maximum atomic E-state index is 6.16. The fraction of sp³-hybridized carbons (Fsp3) is 0.667. The van der Waals surface area contributed by atoms with Crippen LogP contribution in [-0.2, 0) is 11.8 Å². The van der Waals surface area contributed by atoms with Crippen LogP contribution < -0.4 is 10.1 Å². The van der Waals surface area contributed by atoms with Crippen LogP contribution in [0, 0.1) is 5.92 Å². The molecule has 1 saturated heterocycles. The van der Waals surface area contributed by atoms with E-state index in [0.29, 0.717) is 5.92 Å². The average Bonchev–Trinajstić information content (AvgIpc) is 2.45. The predicted molar refractivity (Wildman–Crippen MR) is 85.6 cm³/mol. The Morgan fingerprint density at radius 2 is 2.10 bits per heavy atom. The number of piperidine rings is 1. The Morgan fingerprint density at radius 1 is 1.30 bits per heavy atom. The quantitative estimate of drug-likeness (QED) is 0.899. The van der Waals surface area contributed by atoms with Crippen LogP contribution in [-0.4, -0.2) is 19.7 Å². The van der Waals surface area contributed by atoms with Crippen molar-refractivity contribution in [2.45, 2.75) is 52.4 Å². The van der Waals surface area contributed by atoms with Crippen molar-refractivity contribution < 1.29 is 4.74 Å². The number of hydrogen-bond donors (Lipinski definition) is 1. The lowest BCUT2D eigenvalue weighted by Gasteiger charge is -2.27. The van der Waals surface area contributed by atoms with Crippen molar-refractivity contribution in [1.29, 1.82) is 0 Å². The van der Waals surface area contributed by atoms with Crippen LogP contribution in [0.4, 0.5) is 0 Å². The van der Waals surface area contributed by atoms with E-state index in [1.165, 1.54) is 24.0 Å². The monoisotopic (exact) mass is 275 g/mol. The van der Waals surface area contributed by atoms with Gasteiger partial charge in [-0.3, -0.25) is 0 Å². The van der Waals surface area contributed by atoms with E-state index in [-0.39, 0.29) is 5.41 Å².